The van der Waals surface area contributed by atoms with Crippen molar-refractivity contribution < 1.29 is 4.79 Å². The molecule has 54 valence electrons. The van der Waals surface area contributed by atoms with E-state index in [1.54, 1.807) is 0 Å². The number of carbonyl (C=O) groups is 1. The molecule has 0 aromatic heterocycles. The fourth-order valence-electron chi connectivity index (χ4n) is 0.631. The Hall–Kier alpha value is -0.370. The molecule has 1 atom stereocenters. The molecule has 0 aromatic carbocycles. The molecule has 0 heterocycles. The van der Waals surface area contributed by atoms with Gasteiger partial charge in [0, 0.05) is 12.5 Å². The zero-order valence-corrected chi connectivity index (χ0v) is 6.42. The van der Waals surface area contributed by atoms with Crippen molar-refractivity contribution in [2.24, 2.45) is 0 Å². The lowest BCUT2D eigenvalue weighted by molar-refractivity contribution is -0.108. The van der Waals surface area contributed by atoms with Crippen LogP contribution < -0.4 is 0 Å². The maximum absolute atomic E-state index is 10.0. The van der Waals surface area contributed by atoms with Crippen molar-refractivity contribution in [1.82, 2.24) is 4.90 Å². The van der Waals surface area contributed by atoms with Crippen molar-refractivity contribution in [3.63, 3.8) is 0 Å². The zero-order chi connectivity index (χ0) is 7.28. The number of rotatable bonds is 4. The molecule has 0 aliphatic rings. The van der Waals surface area contributed by atoms with Crippen LogP contribution in [0, 0.1) is 0 Å². The molecule has 0 aliphatic carbocycles. The molecule has 0 N–H and O–H groups in total. The Kier molecular flexibility index (Phi) is 4.32. The minimum absolute atomic E-state index is 0.396. The lowest BCUT2D eigenvalue weighted by Gasteiger charge is -2.20. The van der Waals surface area contributed by atoms with Crippen LogP contribution in [0.15, 0.2) is 0 Å². The molecular formula is C7H15NO. The van der Waals surface area contributed by atoms with E-state index in [0.717, 1.165) is 12.8 Å². The molecule has 0 aromatic rings. The highest BCUT2D eigenvalue weighted by Crippen LogP contribution is 1.96. The van der Waals surface area contributed by atoms with Gasteiger partial charge >= 0.3 is 0 Å². The summed E-state index contributed by atoms with van der Waals surface area (Å²) in [5.41, 5.74) is 0. The SMILES string of the molecule is CCN(C)C(C)CC=O. The summed E-state index contributed by atoms with van der Waals surface area (Å²) >= 11 is 0. The molecule has 0 saturated carbocycles. The number of hydrogen-bond acceptors (Lipinski definition) is 2. The van der Waals surface area contributed by atoms with E-state index < -0.39 is 0 Å². The highest BCUT2D eigenvalue weighted by atomic mass is 16.1. The van der Waals surface area contributed by atoms with Crippen molar-refractivity contribution in [1.29, 1.82) is 0 Å². The monoisotopic (exact) mass is 129 g/mol. The van der Waals surface area contributed by atoms with E-state index in [2.05, 4.69) is 18.7 Å². The summed E-state index contributed by atoms with van der Waals surface area (Å²) in [7, 11) is 2.02. The second-order valence-corrected chi connectivity index (χ2v) is 2.32. The summed E-state index contributed by atoms with van der Waals surface area (Å²) in [5.74, 6) is 0. The van der Waals surface area contributed by atoms with E-state index >= 15 is 0 Å². The van der Waals surface area contributed by atoms with Gasteiger partial charge in [-0.05, 0) is 20.5 Å². The van der Waals surface area contributed by atoms with Gasteiger partial charge in [0.05, 0.1) is 0 Å². The Morgan fingerprint density at radius 3 is 2.56 bits per heavy atom. The molecule has 0 bridgehead atoms. The first-order chi connectivity index (χ1) is 4.22. The molecule has 1 unspecified atom stereocenters. The predicted molar refractivity (Wildman–Crippen MR) is 38.4 cm³/mol. The third kappa shape index (κ3) is 3.25. The Morgan fingerprint density at radius 1 is 1.67 bits per heavy atom. The second kappa shape index (κ2) is 4.50. The molecule has 2 heteroatoms. The summed E-state index contributed by atoms with van der Waals surface area (Å²) in [4.78, 5) is 12.2. The minimum atomic E-state index is 0.396. The van der Waals surface area contributed by atoms with E-state index in [1.807, 2.05) is 7.05 Å². The van der Waals surface area contributed by atoms with Gasteiger partial charge in [0.1, 0.15) is 6.29 Å². The highest BCUT2D eigenvalue weighted by molar-refractivity contribution is 5.50. The summed E-state index contributed by atoms with van der Waals surface area (Å²) in [6, 6.07) is 0.396. The number of nitrogens with zero attached hydrogens (tertiary/aromatic N) is 1. The van der Waals surface area contributed by atoms with Crippen molar-refractivity contribution >= 4 is 6.29 Å². The lowest BCUT2D eigenvalue weighted by Crippen LogP contribution is -2.28. The van der Waals surface area contributed by atoms with E-state index in [1.165, 1.54) is 0 Å². The largest absolute Gasteiger partial charge is 0.304 e. The standard InChI is InChI=1S/C7H15NO/c1-4-8(3)7(2)5-6-9/h6-7H,4-5H2,1-3H3. The molecule has 9 heavy (non-hydrogen) atoms. The van der Waals surface area contributed by atoms with Crippen LogP contribution in [0.2, 0.25) is 0 Å². The average molecular weight is 129 g/mol. The fourth-order valence-corrected chi connectivity index (χ4v) is 0.631. The Labute approximate surface area is 56.9 Å². The normalized spacial score (nSPS) is 13.8. The summed E-state index contributed by atoms with van der Waals surface area (Å²) in [6.07, 6.45) is 1.61. The Bertz CT molecular complexity index is 83.0. The first-order valence-corrected chi connectivity index (χ1v) is 3.36. The second-order valence-electron chi connectivity index (χ2n) is 2.32. The molecule has 2 nitrogen and oxygen atoms in total. The van der Waals surface area contributed by atoms with Crippen LogP contribution in [0.1, 0.15) is 20.3 Å². The van der Waals surface area contributed by atoms with Crippen LogP contribution in [0.5, 0.6) is 0 Å². The summed E-state index contributed by atoms with van der Waals surface area (Å²) < 4.78 is 0. The molecule has 0 fully saturated rings. The topological polar surface area (TPSA) is 20.3 Å². The molecule has 0 saturated heterocycles. The van der Waals surface area contributed by atoms with Gasteiger partial charge in [-0.25, -0.2) is 0 Å². The first-order valence-electron chi connectivity index (χ1n) is 3.36. The minimum Gasteiger partial charge on any atom is -0.304 e. The van der Waals surface area contributed by atoms with E-state index in [0.29, 0.717) is 12.5 Å². The Balaban J connectivity index is 3.44. The van der Waals surface area contributed by atoms with E-state index in [4.69, 9.17) is 0 Å². The van der Waals surface area contributed by atoms with Crippen molar-refractivity contribution in [3.05, 3.63) is 0 Å². The predicted octanol–water partition coefficient (Wildman–Crippen LogP) is 0.916. The van der Waals surface area contributed by atoms with E-state index in [-0.39, 0.29) is 0 Å². The fraction of sp³-hybridized carbons (Fsp3) is 0.857. The average Bonchev–Trinajstić information content (AvgIpc) is 1.87. The van der Waals surface area contributed by atoms with Crippen LogP contribution in [-0.4, -0.2) is 30.8 Å². The summed E-state index contributed by atoms with van der Waals surface area (Å²) in [5, 5.41) is 0. The third-order valence-electron chi connectivity index (χ3n) is 1.69. The molecule has 0 spiro atoms. The molecule has 0 aliphatic heterocycles. The van der Waals surface area contributed by atoms with Crippen LogP contribution >= 0.6 is 0 Å². The van der Waals surface area contributed by atoms with Crippen molar-refractivity contribution in [2.45, 2.75) is 26.3 Å². The number of carbonyl (C=O) groups excluding carboxylic acids is 1. The molecular weight excluding hydrogens is 114 g/mol. The van der Waals surface area contributed by atoms with Gasteiger partial charge in [-0.1, -0.05) is 6.92 Å². The van der Waals surface area contributed by atoms with E-state index in [9.17, 15) is 4.79 Å². The molecule has 0 radical (unpaired) electrons. The smallest absolute Gasteiger partial charge is 0.121 e. The van der Waals surface area contributed by atoms with Crippen molar-refractivity contribution in [3.8, 4) is 0 Å². The van der Waals surface area contributed by atoms with Gasteiger partial charge in [0.15, 0.2) is 0 Å². The van der Waals surface area contributed by atoms with Crippen molar-refractivity contribution in [2.75, 3.05) is 13.6 Å². The van der Waals surface area contributed by atoms with Gasteiger partial charge in [-0.3, -0.25) is 0 Å². The van der Waals surface area contributed by atoms with Gasteiger partial charge in [-0.2, -0.15) is 0 Å². The molecule has 0 rings (SSSR count). The number of hydrogen-bond donors (Lipinski definition) is 0. The number of aldehydes is 1. The van der Waals surface area contributed by atoms with Gasteiger partial charge in [-0.15, -0.1) is 0 Å². The quantitative estimate of drug-likeness (QED) is 0.526. The van der Waals surface area contributed by atoms with Gasteiger partial charge in [0.25, 0.3) is 0 Å². The van der Waals surface area contributed by atoms with Gasteiger partial charge in [0.2, 0.25) is 0 Å². The first kappa shape index (κ1) is 8.63. The van der Waals surface area contributed by atoms with Crippen LogP contribution in [0.25, 0.3) is 0 Å². The zero-order valence-electron chi connectivity index (χ0n) is 6.42. The lowest BCUT2D eigenvalue weighted by atomic mass is 10.2. The maximum Gasteiger partial charge on any atom is 0.121 e. The maximum atomic E-state index is 10.0. The van der Waals surface area contributed by atoms with Gasteiger partial charge < -0.3 is 9.69 Å². The van der Waals surface area contributed by atoms with Crippen LogP contribution in [-0.2, 0) is 4.79 Å². The third-order valence-corrected chi connectivity index (χ3v) is 1.69. The van der Waals surface area contributed by atoms with Crippen LogP contribution in [0.4, 0.5) is 0 Å². The highest BCUT2D eigenvalue weighted by Gasteiger charge is 2.03. The summed E-state index contributed by atoms with van der Waals surface area (Å²) in [6.45, 7) is 5.15. The molecule has 0 amide bonds. The Morgan fingerprint density at radius 2 is 2.22 bits per heavy atom. The van der Waals surface area contributed by atoms with Crippen LogP contribution in [0.3, 0.4) is 0 Å².